The minimum Gasteiger partial charge on any atom is -0.377 e. The van der Waals surface area contributed by atoms with Crippen LogP contribution in [0.5, 0.6) is 0 Å². The smallest absolute Gasteiger partial charge is 0.0606 e. The van der Waals surface area contributed by atoms with Gasteiger partial charge in [-0.25, -0.2) is 5.26 Å². The zero-order valence-corrected chi connectivity index (χ0v) is 9.74. The molecule has 0 aromatic carbocycles. The molecule has 2 bridgehead atoms. The van der Waals surface area contributed by atoms with Crippen molar-refractivity contribution in [2.75, 3.05) is 12.4 Å². The predicted octanol–water partition coefficient (Wildman–Crippen LogP) is 2.51. The van der Waals surface area contributed by atoms with Crippen LogP contribution in [0.4, 0.5) is 0 Å². The quantitative estimate of drug-likeness (QED) is 0.331. The van der Waals surface area contributed by atoms with E-state index in [0.29, 0.717) is 18.5 Å². The van der Waals surface area contributed by atoms with Crippen LogP contribution in [0.3, 0.4) is 0 Å². The SMILES string of the molecule is CC1CC2CC1CC2OCCSOOO. The first-order valence-corrected chi connectivity index (χ1v) is 6.43. The average Bonchev–Trinajstić information content (AvgIpc) is 2.76. The Bertz CT molecular complexity index is 200. The third kappa shape index (κ3) is 2.85. The Morgan fingerprint density at radius 3 is 2.73 bits per heavy atom. The predicted molar refractivity (Wildman–Crippen MR) is 57.0 cm³/mol. The second-order valence-corrected chi connectivity index (χ2v) is 5.36. The lowest BCUT2D eigenvalue weighted by Gasteiger charge is -2.25. The molecule has 2 saturated carbocycles. The molecule has 4 atom stereocenters. The topological polar surface area (TPSA) is 47.9 Å². The first kappa shape index (κ1) is 11.7. The van der Waals surface area contributed by atoms with Gasteiger partial charge in [0, 0.05) is 17.8 Å². The second kappa shape index (κ2) is 5.50. The molecule has 0 heterocycles. The van der Waals surface area contributed by atoms with E-state index in [1.165, 1.54) is 19.3 Å². The van der Waals surface area contributed by atoms with Crippen molar-refractivity contribution in [2.24, 2.45) is 17.8 Å². The van der Waals surface area contributed by atoms with Crippen molar-refractivity contribution in [1.29, 1.82) is 0 Å². The number of fused-ring (bicyclic) bond motifs is 2. The van der Waals surface area contributed by atoms with Crippen LogP contribution in [0, 0.1) is 17.8 Å². The summed E-state index contributed by atoms with van der Waals surface area (Å²) < 4.78 is 10.1. The second-order valence-electron chi connectivity index (χ2n) is 4.58. The molecule has 0 radical (unpaired) electrons. The van der Waals surface area contributed by atoms with Gasteiger partial charge >= 0.3 is 0 Å². The Balaban J connectivity index is 1.58. The van der Waals surface area contributed by atoms with Crippen molar-refractivity contribution in [3.05, 3.63) is 0 Å². The fraction of sp³-hybridized carbons (Fsp3) is 1.00. The summed E-state index contributed by atoms with van der Waals surface area (Å²) in [5, 5.41) is 11.4. The van der Waals surface area contributed by atoms with Crippen LogP contribution in [0.2, 0.25) is 0 Å². The van der Waals surface area contributed by atoms with E-state index < -0.39 is 0 Å². The Kier molecular flexibility index (Phi) is 4.28. The lowest BCUT2D eigenvalue weighted by Crippen LogP contribution is -2.24. The fourth-order valence-electron chi connectivity index (χ4n) is 3.00. The first-order valence-electron chi connectivity index (χ1n) is 5.52. The van der Waals surface area contributed by atoms with Crippen molar-refractivity contribution in [3.8, 4) is 0 Å². The van der Waals surface area contributed by atoms with Gasteiger partial charge in [0.1, 0.15) is 0 Å². The van der Waals surface area contributed by atoms with E-state index >= 15 is 0 Å². The Morgan fingerprint density at radius 1 is 1.27 bits per heavy atom. The van der Waals surface area contributed by atoms with Crippen molar-refractivity contribution in [2.45, 2.75) is 32.3 Å². The van der Waals surface area contributed by atoms with Crippen molar-refractivity contribution < 1.29 is 19.4 Å². The molecule has 0 aromatic heterocycles. The number of hydrogen-bond donors (Lipinski definition) is 1. The van der Waals surface area contributed by atoms with Gasteiger partial charge in [-0.15, -0.1) is 4.33 Å². The maximum atomic E-state index is 7.91. The van der Waals surface area contributed by atoms with Gasteiger partial charge in [0.25, 0.3) is 0 Å². The van der Waals surface area contributed by atoms with Crippen molar-refractivity contribution in [3.63, 3.8) is 0 Å². The maximum Gasteiger partial charge on any atom is 0.0606 e. The summed E-state index contributed by atoms with van der Waals surface area (Å²) in [6.07, 6.45) is 4.38. The molecule has 1 N–H and O–H groups in total. The lowest BCUT2D eigenvalue weighted by atomic mass is 9.89. The molecule has 4 unspecified atom stereocenters. The highest BCUT2D eigenvalue weighted by Gasteiger charge is 2.44. The molecule has 88 valence electrons. The first-order chi connectivity index (χ1) is 7.31. The minimum absolute atomic E-state index is 0.460. The van der Waals surface area contributed by atoms with Gasteiger partial charge in [0.2, 0.25) is 0 Å². The molecule has 2 aliphatic rings. The lowest BCUT2D eigenvalue weighted by molar-refractivity contribution is -0.432. The van der Waals surface area contributed by atoms with Crippen LogP contribution in [-0.2, 0) is 14.1 Å². The highest BCUT2D eigenvalue weighted by Crippen LogP contribution is 2.49. The molecular formula is C10H18O4S. The summed E-state index contributed by atoms with van der Waals surface area (Å²) in [5.41, 5.74) is 0. The maximum absolute atomic E-state index is 7.91. The van der Waals surface area contributed by atoms with Crippen LogP contribution in [0.25, 0.3) is 0 Å². The van der Waals surface area contributed by atoms with E-state index in [-0.39, 0.29) is 0 Å². The van der Waals surface area contributed by atoms with E-state index in [1.54, 1.807) is 0 Å². The molecule has 15 heavy (non-hydrogen) atoms. The number of ether oxygens (including phenoxy) is 1. The Morgan fingerprint density at radius 2 is 2.13 bits per heavy atom. The molecule has 0 aromatic rings. The number of rotatable bonds is 6. The van der Waals surface area contributed by atoms with E-state index in [1.807, 2.05) is 0 Å². The number of hydrogen-bond acceptors (Lipinski definition) is 5. The van der Waals surface area contributed by atoms with Gasteiger partial charge in [0.05, 0.1) is 12.7 Å². The van der Waals surface area contributed by atoms with Crippen LogP contribution < -0.4 is 0 Å². The molecule has 2 fully saturated rings. The summed E-state index contributed by atoms with van der Waals surface area (Å²) in [6, 6.07) is 0. The normalized spacial score (nSPS) is 38.8. The molecule has 2 rings (SSSR count). The summed E-state index contributed by atoms with van der Waals surface area (Å²) in [5.74, 6) is 3.26. The van der Waals surface area contributed by atoms with Gasteiger partial charge in [-0.1, -0.05) is 12.0 Å². The van der Waals surface area contributed by atoms with Gasteiger partial charge in [-0.05, 0) is 37.0 Å². The van der Waals surface area contributed by atoms with Gasteiger partial charge in [-0.3, -0.25) is 0 Å². The van der Waals surface area contributed by atoms with Crippen molar-refractivity contribution in [1.82, 2.24) is 0 Å². The summed E-state index contributed by atoms with van der Waals surface area (Å²) in [7, 11) is 0. The zero-order valence-electron chi connectivity index (χ0n) is 8.93. The summed E-state index contributed by atoms with van der Waals surface area (Å²) in [4.78, 5) is 0. The summed E-state index contributed by atoms with van der Waals surface area (Å²) >= 11 is 1.06. The Labute approximate surface area is 94.3 Å². The minimum atomic E-state index is 0.460. The molecule has 0 saturated heterocycles. The van der Waals surface area contributed by atoms with Crippen LogP contribution >= 0.6 is 12.0 Å². The summed E-state index contributed by atoms with van der Waals surface area (Å²) in [6.45, 7) is 3.01. The molecule has 0 aliphatic heterocycles. The highest BCUT2D eigenvalue weighted by molar-refractivity contribution is 7.94. The van der Waals surface area contributed by atoms with E-state index in [0.717, 1.165) is 29.8 Å². The molecule has 4 nitrogen and oxygen atoms in total. The molecule has 0 spiro atoms. The average molecular weight is 234 g/mol. The van der Waals surface area contributed by atoms with Gasteiger partial charge < -0.3 is 4.74 Å². The monoisotopic (exact) mass is 234 g/mol. The van der Waals surface area contributed by atoms with Crippen LogP contribution in [0.15, 0.2) is 0 Å². The third-order valence-electron chi connectivity index (χ3n) is 3.72. The largest absolute Gasteiger partial charge is 0.377 e. The highest BCUT2D eigenvalue weighted by atomic mass is 32.2. The fourth-order valence-corrected chi connectivity index (χ4v) is 3.28. The van der Waals surface area contributed by atoms with E-state index in [9.17, 15) is 0 Å². The van der Waals surface area contributed by atoms with Crippen LogP contribution in [-0.4, -0.2) is 23.7 Å². The zero-order chi connectivity index (χ0) is 10.7. The van der Waals surface area contributed by atoms with E-state index in [2.05, 4.69) is 16.3 Å². The molecular weight excluding hydrogens is 216 g/mol. The third-order valence-corrected chi connectivity index (χ3v) is 4.21. The Hall–Kier alpha value is 0.190. The standard InChI is InChI=1S/C10H18O4S/c1-7-4-9-5-8(7)6-10(9)12-2-3-15-14-13-11/h7-11H,2-6H2,1H3. The van der Waals surface area contributed by atoms with Crippen molar-refractivity contribution >= 4 is 12.0 Å². The molecule has 2 aliphatic carbocycles. The molecule has 5 heteroatoms. The van der Waals surface area contributed by atoms with E-state index in [4.69, 9.17) is 9.99 Å². The molecule has 0 amide bonds. The van der Waals surface area contributed by atoms with Gasteiger partial charge in [0.15, 0.2) is 0 Å². The van der Waals surface area contributed by atoms with Crippen LogP contribution in [0.1, 0.15) is 26.2 Å². The van der Waals surface area contributed by atoms with Gasteiger partial charge in [-0.2, -0.15) is 0 Å².